The molecule has 0 unspecified atom stereocenters. The molecule has 0 spiro atoms. The number of carbonyl (C=O) groups is 1. The fraction of sp³-hybridized carbons (Fsp3) is 0.0556. The number of aromatic nitrogens is 3. The summed E-state index contributed by atoms with van der Waals surface area (Å²) in [6, 6.07) is 12.3. The Morgan fingerprint density at radius 2 is 1.96 bits per heavy atom. The van der Waals surface area contributed by atoms with Crippen molar-refractivity contribution in [3.8, 4) is 27.7 Å². The van der Waals surface area contributed by atoms with Crippen molar-refractivity contribution in [2.45, 2.75) is 6.92 Å². The molecule has 7 heteroatoms. The van der Waals surface area contributed by atoms with E-state index >= 15 is 0 Å². The number of nitrogens with one attached hydrogen (secondary N) is 1. The first-order valence-electron chi connectivity index (χ1n) is 7.52. The molecule has 0 bridgehead atoms. The van der Waals surface area contributed by atoms with Crippen molar-refractivity contribution >= 4 is 28.2 Å². The van der Waals surface area contributed by atoms with Crippen molar-refractivity contribution in [1.29, 1.82) is 0 Å². The number of benzene rings is 2. The first-order valence-corrected chi connectivity index (χ1v) is 8.34. The van der Waals surface area contributed by atoms with Crippen LogP contribution in [0.1, 0.15) is 15.2 Å². The molecule has 0 aliphatic rings. The van der Waals surface area contributed by atoms with E-state index in [9.17, 15) is 15.0 Å². The molecule has 0 radical (unpaired) electrons. The minimum atomic E-state index is -1.18. The maximum atomic E-state index is 11.2. The van der Waals surface area contributed by atoms with E-state index in [0.717, 1.165) is 26.5 Å². The van der Waals surface area contributed by atoms with Crippen LogP contribution in [-0.4, -0.2) is 31.4 Å². The molecule has 3 N–H and O–H groups in total. The van der Waals surface area contributed by atoms with Crippen molar-refractivity contribution in [2.24, 2.45) is 0 Å². The molecule has 4 aromatic rings. The molecule has 4 rings (SSSR count). The summed E-state index contributed by atoms with van der Waals surface area (Å²) >= 11 is 1.50. The average Bonchev–Trinajstić information content (AvgIpc) is 3.18. The third-order valence-electron chi connectivity index (χ3n) is 3.97. The Labute approximate surface area is 146 Å². The van der Waals surface area contributed by atoms with Crippen LogP contribution >= 0.6 is 11.3 Å². The Morgan fingerprint density at radius 1 is 1.16 bits per heavy atom. The maximum absolute atomic E-state index is 11.2. The minimum Gasteiger partial charge on any atom is -0.507 e. The number of carboxylic acid groups (broad SMARTS) is 1. The third-order valence-corrected chi connectivity index (χ3v) is 4.95. The quantitative estimate of drug-likeness (QED) is 0.517. The molecule has 0 aliphatic heterocycles. The largest absolute Gasteiger partial charge is 0.507 e. The predicted octanol–water partition coefficient (Wildman–Crippen LogP) is 4.07. The van der Waals surface area contributed by atoms with Crippen LogP contribution in [0.4, 0.5) is 0 Å². The number of aromatic hydroxyl groups is 1. The topological polar surface area (TPSA) is 99.1 Å². The van der Waals surface area contributed by atoms with E-state index in [1.807, 2.05) is 31.2 Å². The molecule has 0 fully saturated rings. The molecular formula is C18H13N3O3S. The number of carboxylic acids is 1. The molecular weight excluding hydrogens is 338 g/mol. The molecule has 0 saturated carbocycles. The van der Waals surface area contributed by atoms with E-state index in [1.165, 1.54) is 23.5 Å². The standard InChI is InChI=1S/C18H13N3O3S/c1-9-15(10-6-7-14(22)12(8-10)18(23)24)19-17(25-9)16-11-4-2-3-5-13(11)20-21-16/h2-8,22H,1H3,(H,20,21)(H,23,24). The highest BCUT2D eigenvalue weighted by Gasteiger charge is 2.18. The summed E-state index contributed by atoms with van der Waals surface area (Å²) in [5.74, 6) is -1.44. The van der Waals surface area contributed by atoms with E-state index < -0.39 is 5.97 Å². The number of thiazole rings is 1. The summed E-state index contributed by atoms with van der Waals surface area (Å²) in [7, 11) is 0. The van der Waals surface area contributed by atoms with Crippen LogP contribution in [0.15, 0.2) is 42.5 Å². The van der Waals surface area contributed by atoms with Gasteiger partial charge in [-0.15, -0.1) is 11.3 Å². The normalized spacial score (nSPS) is 11.1. The van der Waals surface area contributed by atoms with Gasteiger partial charge in [0.25, 0.3) is 0 Å². The van der Waals surface area contributed by atoms with E-state index in [0.29, 0.717) is 11.3 Å². The number of hydrogen-bond donors (Lipinski definition) is 3. The van der Waals surface area contributed by atoms with Gasteiger partial charge in [0, 0.05) is 15.8 Å². The van der Waals surface area contributed by atoms with Gasteiger partial charge in [0.15, 0.2) is 0 Å². The highest BCUT2D eigenvalue weighted by molar-refractivity contribution is 7.15. The number of rotatable bonds is 3. The van der Waals surface area contributed by atoms with Crippen LogP contribution in [0, 0.1) is 6.92 Å². The van der Waals surface area contributed by atoms with Gasteiger partial charge in [-0.2, -0.15) is 5.10 Å². The molecule has 0 atom stereocenters. The van der Waals surface area contributed by atoms with Crippen LogP contribution in [-0.2, 0) is 0 Å². The first kappa shape index (κ1) is 15.3. The first-order chi connectivity index (χ1) is 12.0. The lowest BCUT2D eigenvalue weighted by Gasteiger charge is -2.03. The molecule has 2 aromatic heterocycles. The summed E-state index contributed by atoms with van der Waals surface area (Å²) in [6.45, 7) is 1.93. The predicted molar refractivity (Wildman–Crippen MR) is 96.0 cm³/mol. The van der Waals surface area contributed by atoms with E-state index in [1.54, 1.807) is 6.07 Å². The Hall–Kier alpha value is -3.19. The second kappa shape index (κ2) is 5.71. The highest BCUT2D eigenvalue weighted by atomic mass is 32.1. The van der Waals surface area contributed by atoms with Crippen LogP contribution in [0.25, 0.3) is 32.9 Å². The molecule has 0 aliphatic carbocycles. The van der Waals surface area contributed by atoms with Crippen LogP contribution < -0.4 is 0 Å². The fourth-order valence-electron chi connectivity index (χ4n) is 2.75. The summed E-state index contributed by atoms with van der Waals surface area (Å²) in [5.41, 5.74) is 2.90. The Kier molecular flexibility index (Phi) is 3.51. The van der Waals surface area contributed by atoms with Crippen molar-refractivity contribution in [2.75, 3.05) is 0 Å². The lowest BCUT2D eigenvalue weighted by Crippen LogP contribution is -1.97. The molecule has 6 nitrogen and oxygen atoms in total. The van der Waals surface area contributed by atoms with Gasteiger partial charge < -0.3 is 10.2 Å². The second-order valence-electron chi connectivity index (χ2n) is 5.58. The minimum absolute atomic E-state index is 0.142. The van der Waals surface area contributed by atoms with Crippen molar-refractivity contribution < 1.29 is 15.0 Å². The van der Waals surface area contributed by atoms with Crippen LogP contribution in [0.3, 0.4) is 0 Å². The van der Waals surface area contributed by atoms with Gasteiger partial charge in [0.1, 0.15) is 22.0 Å². The zero-order chi connectivity index (χ0) is 17.6. The molecule has 124 valence electrons. The van der Waals surface area contributed by atoms with Gasteiger partial charge in [-0.25, -0.2) is 9.78 Å². The van der Waals surface area contributed by atoms with E-state index in [4.69, 9.17) is 0 Å². The molecule has 0 amide bonds. The zero-order valence-corrected chi connectivity index (χ0v) is 14.0. The van der Waals surface area contributed by atoms with Crippen LogP contribution in [0.2, 0.25) is 0 Å². The monoisotopic (exact) mass is 351 g/mol. The van der Waals surface area contributed by atoms with Gasteiger partial charge in [-0.05, 0) is 31.2 Å². The average molecular weight is 351 g/mol. The number of para-hydroxylation sites is 1. The van der Waals surface area contributed by atoms with Gasteiger partial charge in [-0.3, -0.25) is 5.10 Å². The summed E-state index contributed by atoms with van der Waals surface area (Å²) in [6.07, 6.45) is 0. The molecule has 0 saturated heterocycles. The SMILES string of the molecule is Cc1sc(-c2n[nH]c3ccccc23)nc1-c1ccc(O)c(C(=O)O)c1. The van der Waals surface area contributed by atoms with Crippen molar-refractivity contribution in [3.63, 3.8) is 0 Å². The van der Waals surface area contributed by atoms with Gasteiger partial charge >= 0.3 is 5.97 Å². The van der Waals surface area contributed by atoms with Crippen LogP contribution in [0.5, 0.6) is 5.75 Å². The van der Waals surface area contributed by atoms with Gasteiger partial charge in [-0.1, -0.05) is 18.2 Å². The van der Waals surface area contributed by atoms with Crippen molar-refractivity contribution in [3.05, 3.63) is 52.9 Å². The summed E-state index contributed by atoms with van der Waals surface area (Å²) < 4.78 is 0. The summed E-state index contributed by atoms with van der Waals surface area (Å²) in [5, 5.41) is 28.0. The van der Waals surface area contributed by atoms with Gasteiger partial charge in [0.05, 0.1) is 11.2 Å². The smallest absolute Gasteiger partial charge is 0.339 e. The number of hydrogen-bond acceptors (Lipinski definition) is 5. The Bertz CT molecular complexity index is 1110. The van der Waals surface area contributed by atoms with Gasteiger partial charge in [0.2, 0.25) is 0 Å². The third kappa shape index (κ3) is 2.54. The maximum Gasteiger partial charge on any atom is 0.339 e. The fourth-order valence-corrected chi connectivity index (χ4v) is 3.69. The number of H-pyrrole nitrogens is 1. The zero-order valence-electron chi connectivity index (χ0n) is 13.1. The van der Waals surface area contributed by atoms with Crippen molar-refractivity contribution in [1.82, 2.24) is 15.2 Å². The Balaban J connectivity index is 1.84. The number of fused-ring (bicyclic) bond motifs is 1. The number of nitrogens with zero attached hydrogens (tertiary/aromatic N) is 2. The van der Waals surface area contributed by atoms with E-state index in [-0.39, 0.29) is 11.3 Å². The Morgan fingerprint density at radius 3 is 2.76 bits per heavy atom. The molecule has 25 heavy (non-hydrogen) atoms. The molecule has 2 aromatic carbocycles. The lowest BCUT2D eigenvalue weighted by molar-refractivity contribution is 0.0694. The number of aromatic carboxylic acids is 1. The highest BCUT2D eigenvalue weighted by Crippen LogP contribution is 2.36. The number of aromatic amines is 1. The number of phenols is 1. The second-order valence-corrected chi connectivity index (χ2v) is 6.78. The molecule has 2 heterocycles. The number of aryl methyl sites for hydroxylation is 1. The summed E-state index contributed by atoms with van der Waals surface area (Å²) in [4.78, 5) is 16.8. The lowest BCUT2D eigenvalue weighted by atomic mass is 10.1. The van der Waals surface area contributed by atoms with E-state index in [2.05, 4.69) is 15.2 Å².